The molecule has 1 saturated heterocycles. The standard InChI is InChI=1S/C21H32N2O/c1-17-11-13-23(14-12-17)16-19-9-7-18(8-10-19)15-22-21(24)20-5-3-2-4-6-20/h7-10,17,20H,2-6,11-16H2,1H3,(H,22,24). The van der Waals surface area contributed by atoms with Crippen LogP contribution in [0.5, 0.6) is 0 Å². The zero-order valence-electron chi connectivity index (χ0n) is 15.1. The Labute approximate surface area is 146 Å². The van der Waals surface area contributed by atoms with Crippen LogP contribution in [0.25, 0.3) is 0 Å². The third kappa shape index (κ3) is 5.07. The molecule has 1 amide bonds. The van der Waals surface area contributed by atoms with Gasteiger partial charge < -0.3 is 5.32 Å². The van der Waals surface area contributed by atoms with Gasteiger partial charge in [0, 0.05) is 19.0 Å². The Kier molecular flexibility index (Phi) is 6.30. The summed E-state index contributed by atoms with van der Waals surface area (Å²) in [6, 6.07) is 8.78. The Bertz CT molecular complexity index is 511. The quantitative estimate of drug-likeness (QED) is 0.882. The van der Waals surface area contributed by atoms with Gasteiger partial charge in [-0.25, -0.2) is 0 Å². The Hall–Kier alpha value is -1.35. The number of likely N-dealkylation sites (tertiary alicyclic amines) is 1. The Morgan fingerprint density at radius 3 is 2.29 bits per heavy atom. The Morgan fingerprint density at radius 2 is 1.62 bits per heavy atom. The third-order valence-corrected chi connectivity index (χ3v) is 5.75. The number of rotatable bonds is 5. The molecule has 0 bridgehead atoms. The van der Waals surface area contributed by atoms with Crippen LogP contribution >= 0.6 is 0 Å². The van der Waals surface area contributed by atoms with E-state index in [2.05, 4.69) is 41.4 Å². The molecule has 1 aliphatic heterocycles. The third-order valence-electron chi connectivity index (χ3n) is 5.75. The second-order valence-electron chi connectivity index (χ2n) is 7.83. The van der Waals surface area contributed by atoms with Crippen molar-refractivity contribution >= 4 is 5.91 Å². The number of hydrogen-bond acceptors (Lipinski definition) is 2. The summed E-state index contributed by atoms with van der Waals surface area (Å²) in [5.41, 5.74) is 2.59. The van der Waals surface area contributed by atoms with Crippen molar-refractivity contribution in [1.82, 2.24) is 10.2 Å². The minimum atomic E-state index is 0.250. The smallest absolute Gasteiger partial charge is 0.223 e. The summed E-state index contributed by atoms with van der Waals surface area (Å²) in [6.45, 7) is 6.52. The zero-order valence-corrected chi connectivity index (χ0v) is 15.1. The molecule has 2 aliphatic rings. The number of nitrogens with one attached hydrogen (secondary N) is 1. The van der Waals surface area contributed by atoms with Gasteiger partial charge in [-0.3, -0.25) is 9.69 Å². The van der Waals surface area contributed by atoms with Crippen molar-refractivity contribution in [2.45, 2.75) is 65.0 Å². The fourth-order valence-corrected chi connectivity index (χ4v) is 3.94. The van der Waals surface area contributed by atoms with Gasteiger partial charge in [-0.15, -0.1) is 0 Å². The molecule has 3 rings (SSSR count). The van der Waals surface area contributed by atoms with Gasteiger partial charge in [0.15, 0.2) is 0 Å². The fraction of sp³-hybridized carbons (Fsp3) is 0.667. The van der Waals surface area contributed by atoms with Crippen LogP contribution in [0, 0.1) is 11.8 Å². The lowest BCUT2D eigenvalue weighted by molar-refractivity contribution is -0.126. The largest absolute Gasteiger partial charge is 0.352 e. The molecule has 2 fully saturated rings. The molecular formula is C21H32N2O. The highest BCUT2D eigenvalue weighted by Crippen LogP contribution is 2.23. The van der Waals surface area contributed by atoms with Gasteiger partial charge in [-0.05, 0) is 55.8 Å². The van der Waals surface area contributed by atoms with Crippen LogP contribution in [0.4, 0.5) is 0 Å². The average Bonchev–Trinajstić information content (AvgIpc) is 2.63. The predicted octanol–water partition coefficient (Wildman–Crippen LogP) is 4.12. The van der Waals surface area contributed by atoms with Crippen LogP contribution in [-0.2, 0) is 17.9 Å². The van der Waals surface area contributed by atoms with Crippen molar-refractivity contribution in [2.75, 3.05) is 13.1 Å². The van der Waals surface area contributed by atoms with Gasteiger partial charge in [0.2, 0.25) is 5.91 Å². The number of carbonyl (C=O) groups excluding carboxylic acids is 1. The van der Waals surface area contributed by atoms with E-state index in [1.807, 2.05) is 0 Å². The Balaban J connectivity index is 1.43. The van der Waals surface area contributed by atoms with Gasteiger partial charge >= 0.3 is 0 Å². The second-order valence-corrected chi connectivity index (χ2v) is 7.83. The molecule has 1 N–H and O–H groups in total. The number of amides is 1. The molecule has 0 radical (unpaired) electrons. The predicted molar refractivity (Wildman–Crippen MR) is 98.5 cm³/mol. The number of piperidine rings is 1. The van der Waals surface area contributed by atoms with Gasteiger partial charge in [-0.1, -0.05) is 50.5 Å². The summed E-state index contributed by atoms with van der Waals surface area (Å²) in [4.78, 5) is 14.8. The summed E-state index contributed by atoms with van der Waals surface area (Å²) in [5.74, 6) is 1.39. The molecule has 1 aromatic carbocycles. The average molecular weight is 329 g/mol. The first kappa shape index (κ1) is 17.5. The van der Waals surface area contributed by atoms with Crippen LogP contribution in [-0.4, -0.2) is 23.9 Å². The number of hydrogen-bond donors (Lipinski definition) is 1. The highest BCUT2D eigenvalue weighted by atomic mass is 16.1. The zero-order chi connectivity index (χ0) is 16.8. The molecule has 1 heterocycles. The van der Waals surface area contributed by atoms with Crippen molar-refractivity contribution in [3.63, 3.8) is 0 Å². The minimum Gasteiger partial charge on any atom is -0.352 e. The van der Waals surface area contributed by atoms with E-state index in [4.69, 9.17) is 0 Å². The van der Waals surface area contributed by atoms with Crippen molar-refractivity contribution < 1.29 is 4.79 Å². The van der Waals surface area contributed by atoms with Crippen molar-refractivity contribution in [2.24, 2.45) is 11.8 Å². The maximum absolute atomic E-state index is 12.2. The SMILES string of the molecule is CC1CCN(Cc2ccc(CNC(=O)C3CCCCC3)cc2)CC1. The molecular weight excluding hydrogens is 296 g/mol. The van der Waals surface area contributed by atoms with E-state index >= 15 is 0 Å². The number of benzene rings is 1. The monoisotopic (exact) mass is 328 g/mol. The van der Waals surface area contributed by atoms with Crippen molar-refractivity contribution in [1.29, 1.82) is 0 Å². The molecule has 132 valence electrons. The van der Waals surface area contributed by atoms with E-state index in [9.17, 15) is 4.79 Å². The van der Waals surface area contributed by atoms with E-state index in [1.54, 1.807) is 0 Å². The number of carbonyl (C=O) groups is 1. The molecule has 1 aliphatic carbocycles. The summed E-state index contributed by atoms with van der Waals surface area (Å²) in [5, 5.41) is 3.13. The molecule has 0 aromatic heterocycles. The lowest BCUT2D eigenvalue weighted by Gasteiger charge is -2.30. The van der Waals surface area contributed by atoms with Gasteiger partial charge in [0.1, 0.15) is 0 Å². The summed E-state index contributed by atoms with van der Waals surface area (Å²) in [7, 11) is 0. The van der Waals surface area contributed by atoms with E-state index in [-0.39, 0.29) is 11.8 Å². The van der Waals surface area contributed by atoms with E-state index in [1.165, 1.54) is 56.3 Å². The first-order valence-corrected chi connectivity index (χ1v) is 9.78. The fourth-order valence-electron chi connectivity index (χ4n) is 3.94. The van der Waals surface area contributed by atoms with Crippen LogP contribution in [0.2, 0.25) is 0 Å². The molecule has 3 nitrogen and oxygen atoms in total. The van der Waals surface area contributed by atoms with Gasteiger partial charge in [-0.2, -0.15) is 0 Å². The lowest BCUT2D eigenvalue weighted by atomic mass is 9.88. The maximum atomic E-state index is 12.2. The van der Waals surface area contributed by atoms with Crippen molar-refractivity contribution in [3.05, 3.63) is 35.4 Å². The Morgan fingerprint density at radius 1 is 1.00 bits per heavy atom. The van der Waals surface area contributed by atoms with Crippen LogP contribution in [0.15, 0.2) is 24.3 Å². The van der Waals surface area contributed by atoms with E-state index in [0.29, 0.717) is 6.54 Å². The maximum Gasteiger partial charge on any atom is 0.223 e. The number of nitrogens with zero attached hydrogens (tertiary/aromatic N) is 1. The highest BCUT2D eigenvalue weighted by Gasteiger charge is 2.20. The minimum absolute atomic E-state index is 0.250. The first-order chi connectivity index (χ1) is 11.7. The van der Waals surface area contributed by atoms with Crippen molar-refractivity contribution in [3.8, 4) is 0 Å². The molecule has 1 saturated carbocycles. The van der Waals surface area contributed by atoms with E-state index < -0.39 is 0 Å². The highest BCUT2D eigenvalue weighted by molar-refractivity contribution is 5.78. The summed E-state index contributed by atoms with van der Waals surface area (Å²) in [6.07, 6.45) is 8.50. The van der Waals surface area contributed by atoms with Gasteiger partial charge in [0.25, 0.3) is 0 Å². The summed E-state index contributed by atoms with van der Waals surface area (Å²) < 4.78 is 0. The molecule has 0 spiro atoms. The van der Waals surface area contributed by atoms with E-state index in [0.717, 1.165) is 25.3 Å². The van der Waals surface area contributed by atoms with Crippen LogP contribution < -0.4 is 5.32 Å². The second kappa shape index (κ2) is 8.66. The molecule has 24 heavy (non-hydrogen) atoms. The van der Waals surface area contributed by atoms with Crippen LogP contribution in [0.1, 0.15) is 63.0 Å². The molecule has 0 atom stereocenters. The first-order valence-electron chi connectivity index (χ1n) is 9.78. The normalized spacial score (nSPS) is 20.9. The van der Waals surface area contributed by atoms with Gasteiger partial charge in [0.05, 0.1) is 0 Å². The molecule has 3 heteroatoms. The molecule has 1 aromatic rings. The van der Waals surface area contributed by atoms with Crippen LogP contribution in [0.3, 0.4) is 0 Å². The topological polar surface area (TPSA) is 32.3 Å². The summed E-state index contributed by atoms with van der Waals surface area (Å²) >= 11 is 0. The lowest BCUT2D eigenvalue weighted by Crippen LogP contribution is -2.32. The molecule has 0 unspecified atom stereocenters.